The van der Waals surface area contributed by atoms with E-state index < -0.39 is 0 Å². The maximum absolute atomic E-state index is 11.9. The van der Waals surface area contributed by atoms with Crippen molar-refractivity contribution < 1.29 is 9.90 Å². The van der Waals surface area contributed by atoms with Crippen LogP contribution in [0, 0.1) is 5.41 Å². The first kappa shape index (κ1) is 18.0. The molecule has 1 aromatic carbocycles. The quantitative estimate of drug-likeness (QED) is 0.696. The van der Waals surface area contributed by atoms with Crippen LogP contribution in [-0.2, 0) is 0 Å². The van der Waals surface area contributed by atoms with Gasteiger partial charge in [0.25, 0.3) is 0 Å². The first-order chi connectivity index (χ1) is 12.1. The van der Waals surface area contributed by atoms with Gasteiger partial charge in [-0.1, -0.05) is 18.2 Å². The Kier molecular flexibility index (Phi) is 5.81. The highest BCUT2D eigenvalue weighted by Gasteiger charge is 2.42. The summed E-state index contributed by atoms with van der Waals surface area (Å²) in [4.78, 5) is 16.8. The first-order valence-corrected chi connectivity index (χ1v) is 9.28. The van der Waals surface area contributed by atoms with Gasteiger partial charge in [0.05, 0.1) is 6.61 Å². The lowest BCUT2D eigenvalue weighted by molar-refractivity contribution is 0.187. The van der Waals surface area contributed by atoms with Crippen molar-refractivity contribution in [3.05, 3.63) is 30.3 Å². The van der Waals surface area contributed by atoms with Crippen molar-refractivity contribution in [1.29, 1.82) is 0 Å². The Morgan fingerprint density at radius 1 is 1.16 bits per heavy atom. The van der Waals surface area contributed by atoms with Gasteiger partial charge in [-0.3, -0.25) is 4.90 Å². The number of rotatable bonds is 7. The van der Waals surface area contributed by atoms with Crippen molar-refractivity contribution >= 4 is 11.7 Å². The number of carbonyl (C=O) groups excluding carboxylic acids is 1. The number of nitrogens with one attached hydrogen (secondary N) is 2. The number of hydrogen-bond acceptors (Lipinski definition) is 4. The molecular weight excluding hydrogens is 316 g/mol. The summed E-state index contributed by atoms with van der Waals surface area (Å²) in [5.74, 6) is 0. The molecule has 1 aliphatic carbocycles. The van der Waals surface area contributed by atoms with Crippen LogP contribution >= 0.6 is 0 Å². The van der Waals surface area contributed by atoms with Gasteiger partial charge in [-0.25, -0.2) is 4.79 Å². The summed E-state index contributed by atoms with van der Waals surface area (Å²) in [7, 11) is 0. The smallest absolute Gasteiger partial charge is 0.314 e. The fourth-order valence-corrected chi connectivity index (χ4v) is 3.33. The van der Waals surface area contributed by atoms with Crippen LogP contribution in [0.15, 0.2) is 30.3 Å². The highest BCUT2D eigenvalue weighted by Crippen LogP contribution is 2.44. The van der Waals surface area contributed by atoms with Crippen molar-refractivity contribution in [2.75, 3.05) is 50.8 Å². The minimum Gasteiger partial charge on any atom is -0.396 e. The summed E-state index contributed by atoms with van der Waals surface area (Å²) in [6.45, 7) is 7.58. The van der Waals surface area contributed by atoms with E-state index in [4.69, 9.17) is 0 Å². The number of carbonyl (C=O) groups is 1. The number of anilines is 1. The lowest BCUT2D eigenvalue weighted by atomic mass is 10.1. The topological polar surface area (TPSA) is 67.8 Å². The average Bonchev–Trinajstić information content (AvgIpc) is 3.46. The van der Waals surface area contributed by atoms with E-state index in [1.54, 1.807) is 0 Å². The lowest BCUT2D eigenvalue weighted by Crippen LogP contribution is -2.53. The van der Waals surface area contributed by atoms with E-state index in [1.165, 1.54) is 5.69 Å². The molecule has 2 fully saturated rings. The van der Waals surface area contributed by atoms with Crippen molar-refractivity contribution in [1.82, 2.24) is 15.5 Å². The zero-order valence-electron chi connectivity index (χ0n) is 15.1. The van der Waals surface area contributed by atoms with Crippen molar-refractivity contribution in [2.24, 2.45) is 5.41 Å². The molecule has 2 amide bonds. The molecule has 6 nitrogen and oxygen atoms in total. The maximum atomic E-state index is 11.9. The zero-order chi connectivity index (χ0) is 17.7. The molecule has 138 valence electrons. The molecular formula is C19H30N4O2. The second-order valence-corrected chi connectivity index (χ2v) is 7.43. The number of piperazine rings is 1. The molecule has 1 aromatic rings. The van der Waals surface area contributed by atoms with Gasteiger partial charge in [0.1, 0.15) is 0 Å². The normalized spacial score (nSPS) is 20.8. The summed E-state index contributed by atoms with van der Waals surface area (Å²) in [5.41, 5.74) is 1.24. The molecule has 0 spiro atoms. The van der Waals surface area contributed by atoms with Gasteiger partial charge in [0.2, 0.25) is 0 Å². The van der Waals surface area contributed by atoms with Gasteiger partial charge in [0.15, 0.2) is 0 Å². The van der Waals surface area contributed by atoms with Crippen LogP contribution in [0.25, 0.3) is 0 Å². The summed E-state index contributed by atoms with van der Waals surface area (Å²) in [6.07, 6.45) is 2.01. The van der Waals surface area contributed by atoms with E-state index >= 15 is 0 Å². The minimum atomic E-state index is -0.130. The molecule has 3 N–H and O–H groups in total. The van der Waals surface area contributed by atoms with Crippen LogP contribution in [0.5, 0.6) is 0 Å². The van der Waals surface area contributed by atoms with Crippen molar-refractivity contribution in [3.8, 4) is 0 Å². The van der Waals surface area contributed by atoms with Crippen LogP contribution in [0.3, 0.4) is 0 Å². The SMILES string of the molecule is CC(CNC(=O)NCC1(CO)CC1)N1CCN(c2ccccc2)CC1. The number of aliphatic hydroxyl groups is 1. The second-order valence-electron chi connectivity index (χ2n) is 7.43. The van der Waals surface area contributed by atoms with Crippen LogP contribution in [0.2, 0.25) is 0 Å². The van der Waals surface area contributed by atoms with E-state index in [0.717, 1.165) is 39.0 Å². The summed E-state index contributed by atoms with van der Waals surface area (Å²) in [5, 5.41) is 15.1. The summed E-state index contributed by atoms with van der Waals surface area (Å²) >= 11 is 0. The van der Waals surface area contributed by atoms with Crippen molar-refractivity contribution in [2.45, 2.75) is 25.8 Å². The van der Waals surface area contributed by atoms with E-state index in [0.29, 0.717) is 19.1 Å². The Labute approximate surface area is 150 Å². The zero-order valence-corrected chi connectivity index (χ0v) is 15.1. The average molecular weight is 346 g/mol. The number of aliphatic hydroxyl groups excluding tert-OH is 1. The Morgan fingerprint density at radius 2 is 1.84 bits per heavy atom. The molecule has 0 bridgehead atoms. The van der Waals surface area contributed by atoms with Gasteiger partial charge >= 0.3 is 6.03 Å². The number of nitrogens with zero attached hydrogens (tertiary/aromatic N) is 2. The fraction of sp³-hybridized carbons (Fsp3) is 0.632. The number of para-hydroxylation sites is 1. The Hall–Kier alpha value is -1.79. The number of amides is 2. The van der Waals surface area contributed by atoms with Gasteiger partial charge < -0.3 is 20.6 Å². The van der Waals surface area contributed by atoms with E-state index in [1.807, 2.05) is 6.07 Å². The fourth-order valence-electron chi connectivity index (χ4n) is 3.33. The number of benzene rings is 1. The van der Waals surface area contributed by atoms with Gasteiger partial charge in [-0.05, 0) is 31.9 Å². The Morgan fingerprint density at radius 3 is 2.44 bits per heavy atom. The standard InChI is InChI=1S/C19H30N4O2/c1-16(13-20-18(25)21-14-19(15-24)7-8-19)22-9-11-23(12-10-22)17-5-3-2-4-6-17/h2-6,16,24H,7-15H2,1H3,(H2,20,21,25). The third kappa shape index (κ3) is 4.86. The molecule has 1 heterocycles. The lowest BCUT2D eigenvalue weighted by Gasteiger charge is -2.39. The van der Waals surface area contributed by atoms with Gasteiger partial charge in [-0.15, -0.1) is 0 Å². The minimum absolute atomic E-state index is 0.0449. The Bertz CT molecular complexity index is 554. The summed E-state index contributed by atoms with van der Waals surface area (Å²) < 4.78 is 0. The third-order valence-electron chi connectivity index (χ3n) is 5.53. The molecule has 6 heteroatoms. The highest BCUT2D eigenvalue weighted by molar-refractivity contribution is 5.73. The second kappa shape index (κ2) is 8.06. The third-order valence-corrected chi connectivity index (χ3v) is 5.53. The number of urea groups is 1. The van der Waals surface area contributed by atoms with Crippen LogP contribution in [-0.4, -0.2) is 68.0 Å². The van der Waals surface area contributed by atoms with E-state index in [9.17, 15) is 9.90 Å². The predicted molar refractivity (Wildman–Crippen MR) is 99.8 cm³/mol. The summed E-state index contributed by atoms with van der Waals surface area (Å²) in [6, 6.07) is 10.7. The molecule has 1 unspecified atom stereocenters. The van der Waals surface area contributed by atoms with Crippen LogP contribution in [0.1, 0.15) is 19.8 Å². The van der Waals surface area contributed by atoms with E-state index in [-0.39, 0.29) is 18.1 Å². The van der Waals surface area contributed by atoms with Gasteiger partial charge in [-0.2, -0.15) is 0 Å². The molecule has 1 saturated carbocycles. The van der Waals surface area contributed by atoms with E-state index in [2.05, 4.69) is 51.6 Å². The molecule has 1 aliphatic heterocycles. The molecule has 1 saturated heterocycles. The monoisotopic (exact) mass is 346 g/mol. The molecule has 25 heavy (non-hydrogen) atoms. The number of hydrogen-bond donors (Lipinski definition) is 3. The molecule has 2 aliphatic rings. The van der Waals surface area contributed by atoms with Crippen molar-refractivity contribution in [3.63, 3.8) is 0 Å². The maximum Gasteiger partial charge on any atom is 0.314 e. The van der Waals surface area contributed by atoms with Gasteiger partial charge in [0, 0.05) is 56.4 Å². The largest absolute Gasteiger partial charge is 0.396 e. The molecule has 3 rings (SSSR count). The highest BCUT2D eigenvalue weighted by atomic mass is 16.3. The molecule has 0 aromatic heterocycles. The molecule has 0 radical (unpaired) electrons. The van der Waals surface area contributed by atoms with Crippen LogP contribution < -0.4 is 15.5 Å². The van der Waals surface area contributed by atoms with Crippen LogP contribution in [0.4, 0.5) is 10.5 Å². The Balaban J connectivity index is 1.35. The molecule has 1 atom stereocenters. The first-order valence-electron chi connectivity index (χ1n) is 9.28. The predicted octanol–water partition coefficient (Wildman–Crippen LogP) is 1.27.